The third-order valence-corrected chi connectivity index (χ3v) is 5.78. The molecular formula is C20H30N2O. The van der Waals surface area contributed by atoms with E-state index in [0.717, 1.165) is 23.9 Å². The summed E-state index contributed by atoms with van der Waals surface area (Å²) in [6, 6.07) is 10.5. The SMILES string of the molecule is CC(C)C(CNC(=O)CC1CC2CCC1C2)Nc1ccccc1. The van der Waals surface area contributed by atoms with Crippen LogP contribution in [0.25, 0.3) is 0 Å². The van der Waals surface area contributed by atoms with Gasteiger partial charge in [-0.25, -0.2) is 0 Å². The Morgan fingerprint density at radius 1 is 1.17 bits per heavy atom. The van der Waals surface area contributed by atoms with Gasteiger partial charge in [0, 0.05) is 24.7 Å². The number of hydrogen-bond acceptors (Lipinski definition) is 2. The summed E-state index contributed by atoms with van der Waals surface area (Å²) in [5, 5.41) is 6.71. The Kier molecular flexibility index (Phi) is 5.24. The molecule has 2 aliphatic carbocycles. The van der Waals surface area contributed by atoms with Crippen LogP contribution >= 0.6 is 0 Å². The molecule has 1 aromatic rings. The van der Waals surface area contributed by atoms with Crippen molar-refractivity contribution in [3.05, 3.63) is 30.3 Å². The van der Waals surface area contributed by atoms with Gasteiger partial charge >= 0.3 is 0 Å². The monoisotopic (exact) mass is 314 g/mol. The number of nitrogens with one attached hydrogen (secondary N) is 2. The molecule has 0 aliphatic heterocycles. The van der Waals surface area contributed by atoms with Crippen molar-refractivity contribution >= 4 is 11.6 Å². The van der Waals surface area contributed by atoms with Crippen LogP contribution in [0.2, 0.25) is 0 Å². The zero-order valence-electron chi connectivity index (χ0n) is 14.4. The third kappa shape index (κ3) is 4.27. The van der Waals surface area contributed by atoms with Gasteiger partial charge in [-0.3, -0.25) is 4.79 Å². The normalized spacial score (nSPS) is 27.2. The van der Waals surface area contributed by atoms with Crippen molar-refractivity contribution in [3.8, 4) is 0 Å². The number of para-hydroxylation sites is 1. The minimum absolute atomic E-state index is 0.239. The van der Waals surface area contributed by atoms with Gasteiger partial charge in [0.25, 0.3) is 0 Å². The second-order valence-electron chi connectivity index (χ2n) is 7.80. The standard InChI is InChI=1S/C20H30N2O/c1-14(2)19(22-18-6-4-3-5-7-18)13-21-20(23)12-17-11-15-8-9-16(17)10-15/h3-7,14-17,19,22H,8-13H2,1-2H3,(H,21,23). The molecule has 23 heavy (non-hydrogen) atoms. The number of fused-ring (bicyclic) bond motifs is 2. The molecule has 0 heterocycles. The Labute approximate surface area is 140 Å². The molecule has 2 saturated carbocycles. The topological polar surface area (TPSA) is 41.1 Å². The predicted molar refractivity (Wildman–Crippen MR) is 95.3 cm³/mol. The van der Waals surface area contributed by atoms with Crippen LogP contribution in [0.15, 0.2) is 30.3 Å². The molecule has 0 radical (unpaired) electrons. The van der Waals surface area contributed by atoms with Gasteiger partial charge in [-0.2, -0.15) is 0 Å². The summed E-state index contributed by atoms with van der Waals surface area (Å²) in [7, 11) is 0. The number of anilines is 1. The van der Waals surface area contributed by atoms with E-state index >= 15 is 0 Å². The Balaban J connectivity index is 1.45. The minimum atomic E-state index is 0.239. The van der Waals surface area contributed by atoms with Crippen LogP contribution < -0.4 is 10.6 Å². The molecule has 1 amide bonds. The summed E-state index contributed by atoms with van der Waals surface area (Å²) >= 11 is 0. The van der Waals surface area contributed by atoms with Crippen molar-refractivity contribution in [1.29, 1.82) is 0 Å². The van der Waals surface area contributed by atoms with Gasteiger partial charge in [0.2, 0.25) is 5.91 Å². The van der Waals surface area contributed by atoms with E-state index in [2.05, 4.69) is 36.6 Å². The van der Waals surface area contributed by atoms with Crippen LogP contribution in [-0.4, -0.2) is 18.5 Å². The summed E-state index contributed by atoms with van der Waals surface area (Å²) in [6.07, 6.45) is 6.15. The zero-order chi connectivity index (χ0) is 16.2. The molecular weight excluding hydrogens is 284 g/mol. The van der Waals surface area contributed by atoms with Crippen LogP contribution in [0.3, 0.4) is 0 Å². The first kappa shape index (κ1) is 16.4. The number of carbonyl (C=O) groups excluding carboxylic acids is 1. The van der Waals surface area contributed by atoms with Gasteiger partial charge in [-0.15, -0.1) is 0 Å². The molecule has 2 bridgehead atoms. The average molecular weight is 314 g/mol. The van der Waals surface area contributed by atoms with E-state index in [9.17, 15) is 4.79 Å². The predicted octanol–water partition coefficient (Wildman–Crippen LogP) is 4.07. The Morgan fingerprint density at radius 3 is 2.57 bits per heavy atom. The highest BCUT2D eigenvalue weighted by molar-refractivity contribution is 5.76. The molecule has 2 N–H and O–H groups in total. The first-order valence-electron chi connectivity index (χ1n) is 9.20. The fourth-order valence-corrected chi connectivity index (χ4v) is 4.36. The Morgan fingerprint density at radius 2 is 1.96 bits per heavy atom. The highest BCUT2D eigenvalue weighted by Crippen LogP contribution is 2.49. The van der Waals surface area contributed by atoms with E-state index in [1.165, 1.54) is 25.7 Å². The van der Waals surface area contributed by atoms with Crippen LogP contribution in [0.5, 0.6) is 0 Å². The molecule has 3 nitrogen and oxygen atoms in total. The first-order chi connectivity index (χ1) is 11.1. The van der Waals surface area contributed by atoms with Crippen LogP contribution in [0, 0.1) is 23.7 Å². The molecule has 0 spiro atoms. The second kappa shape index (κ2) is 7.37. The van der Waals surface area contributed by atoms with E-state index < -0.39 is 0 Å². The lowest BCUT2D eigenvalue weighted by Gasteiger charge is -2.25. The van der Waals surface area contributed by atoms with Crippen molar-refractivity contribution in [1.82, 2.24) is 5.32 Å². The van der Waals surface area contributed by atoms with Crippen LogP contribution in [-0.2, 0) is 4.79 Å². The number of hydrogen-bond donors (Lipinski definition) is 2. The molecule has 1 aromatic carbocycles. The van der Waals surface area contributed by atoms with Crippen molar-refractivity contribution < 1.29 is 4.79 Å². The molecule has 4 atom stereocenters. The maximum Gasteiger partial charge on any atom is 0.220 e. The molecule has 2 aliphatic rings. The molecule has 126 valence electrons. The molecule has 4 unspecified atom stereocenters. The van der Waals surface area contributed by atoms with E-state index in [-0.39, 0.29) is 11.9 Å². The van der Waals surface area contributed by atoms with Gasteiger partial charge in [-0.1, -0.05) is 38.5 Å². The van der Waals surface area contributed by atoms with E-state index in [1.807, 2.05) is 18.2 Å². The molecule has 0 aromatic heterocycles. The summed E-state index contributed by atoms with van der Waals surface area (Å²) in [5.74, 6) is 3.10. The lowest BCUT2D eigenvalue weighted by Crippen LogP contribution is -2.40. The Bertz CT molecular complexity index is 514. The molecule has 3 rings (SSSR count). The fourth-order valence-electron chi connectivity index (χ4n) is 4.36. The quantitative estimate of drug-likeness (QED) is 0.796. The zero-order valence-corrected chi connectivity index (χ0v) is 14.4. The van der Waals surface area contributed by atoms with Gasteiger partial charge in [0.15, 0.2) is 0 Å². The maximum atomic E-state index is 12.3. The Hall–Kier alpha value is -1.51. The highest BCUT2D eigenvalue weighted by atomic mass is 16.1. The van der Waals surface area contributed by atoms with Gasteiger partial charge in [-0.05, 0) is 55.1 Å². The molecule has 0 saturated heterocycles. The first-order valence-corrected chi connectivity index (χ1v) is 9.20. The van der Waals surface area contributed by atoms with Crippen molar-refractivity contribution in [2.75, 3.05) is 11.9 Å². The molecule has 3 heteroatoms. The largest absolute Gasteiger partial charge is 0.380 e. The van der Waals surface area contributed by atoms with Crippen molar-refractivity contribution in [2.45, 2.75) is 52.0 Å². The lowest BCUT2D eigenvalue weighted by atomic mass is 9.86. The van der Waals surface area contributed by atoms with Gasteiger partial charge in [0.05, 0.1) is 0 Å². The fraction of sp³-hybridized carbons (Fsp3) is 0.650. The van der Waals surface area contributed by atoms with E-state index in [4.69, 9.17) is 0 Å². The summed E-state index contributed by atoms with van der Waals surface area (Å²) in [6.45, 7) is 5.09. The van der Waals surface area contributed by atoms with Gasteiger partial charge < -0.3 is 10.6 Å². The number of carbonyl (C=O) groups is 1. The van der Waals surface area contributed by atoms with E-state index in [0.29, 0.717) is 18.4 Å². The lowest BCUT2D eigenvalue weighted by molar-refractivity contribution is -0.122. The van der Waals surface area contributed by atoms with Crippen LogP contribution in [0.1, 0.15) is 46.0 Å². The highest BCUT2D eigenvalue weighted by Gasteiger charge is 2.40. The van der Waals surface area contributed by atoms with Crippen LogP contribution in [0.4, 0.5) is 5.69 Å². The number of rotatable bonds is 7. The van der Waals surface area contributed by atoms with Crippen molar-refractivity contribution in [2.24, 2.45) is 23.7 Å². The number of benzene rings is 1. The summed E-state index contributed by atoms with van der Waals surface area (Å²) in [5.41, 5.74) is 1.12. The van der Waals surface area contributed by atoms with Gasteiger partial charge in [0.1, 0.15) is 0 Å². The molecule has 2 fully saturated rings. The number of amides is 1. The minimum Gasteiger partial charge on any atom is -0.380 e. The summed E-state index contributed by atoms with van der Waals surface area (Å²) < 4.78 is 0. The second-order valence-corrected chi connectivity index (χ2v) is 7.80. The van der Waals surface area contributed by atoms with E-state index in [1.54, 1.807) is 0 Å². The average Bonchev–Trinajstić information content (AvgIpc) is 3.15. The summed E-state index contributed by atoms with van der Waals surface area (Å²) in [4.78, 5) is 12.3. The third-order valence-electron chi connectivity index (χ3n) is 5.78. The van der Waals surface area contributed by atoms with Crippen molar-refractivity contribution in [3.63, 3.8) is 0 Å². The maximum absolute atomic E-state index is 12.3. The smallest absolute Gasteiger partial charge is 0.220 e.